The molecule has 0 unspecified atom stereocenters. The van der Waals surface area contributed by atoms with Crippen LogP contribution in [0.15, 0.2) is 18.2 Å². The van der Waals surface area contributed by atoms with Crippen LogP contribution in [-0.4, -0.2) is 35.0 Å². The Kier molecular flexibility index (Phi) is 3.10. The van der Waals surface area contributed by atoms with Crippen LogP contribution in [0.4, 0.5) is 0 Å². The molecule has 0 atom stereocenters. The lowest BCUT2D eigenvalue weighted by Crippen LogP contribution is -2.40. The Morgan fingerprint density at radius 3 is 2.76 bits per heavy atom. The first-order valence-corrected chi connectivity index (χ1v) is 5.33. The quantitative estimate of drug-likeness (QED) is 0.762. The van der Waals surface area contributed by atoms with E-state index in [1.807, 2.05) is 0 Å². The number of benzene rings is 1. The van der Waals surface area contributed by atoms with E-state index in [0.29, 0.717) is 19.5 Å². The second kappa shape index (κ2) is 4.55. The standard InChI is InChI=1S/C12H13NO4/c14-11(15)7-13-4-3-8-5-9(12(16)17)1-2-10(8)6-13/h1-2,5H,3-4,6-7H2,(H,14,15)(H,16,17)/p-1. The molecule has 17 heavy (non-hydrogen) atoms. The van der Waals surface area contributed by atoms with Crippen molar-refractivity contribution in [2.24, 2.45) is 0 Å². The van der Waals surface area contributed by atoms with Crippen molar-refractivity contribution in [3.8, 4) is 0 Å². The summed E-state index contributed by atoms with van der Waals surface area (Å²) in [5.74, 6) is -2.03. The molecule has 0 aliphatic carbocycles. The van der Waals surface area contributed by atoms with E-state index in [4.69, 9.17) is 5.11 Å². The second-order valence-corrected chi connectivity index (χ2v) is 4.12. The number of fused-ring (bicyclic) bond motifs is 1. The van der Waals surface area contributed by atoms with Crippen LogP contribution in [0.2, 0.25) is 0 Å². The summed E-state index contributed by atoms with van der Waals surface area (Å²) >= 11 is 0. The van der Waals surface area contributed by atoms with Crippen LogP contribution in [0, 0.1) is 0 Å². The minimum atomic E-state index is -1.09. The lowest BCUT2D eigenvalue weighted by atomic mass is 9.97. The SMILES string of the molecule is O=C([O-])CN1CCc2cc(C(=O)O)ccc2C1. The molecule has 5 heteroatoms. The number of hydrogen-bond donors (Lipinski definition) is 1. The fourth-order valence-electron chi connectivity index (χ4n) is 2.06. The van der Waals surface area contributed by atoms with Crippen LogP contribution in [0.5, 0.6) is 0 Å². The molecule has 0 saturated carbocycles. The molecule has 0 amide bonds. The molecular weight excluding hydrogens is 222 g/mol. The number of aromatic carboxylic acids is 1. The van der Waals surface area contributed by atoms with Crippen LogP contribution in [0.1, 0.15) is 21.5 Å². The molecule has 0 saturated heterocycles. The smallest absolute Gasteiger partial charge is 0.335 e. The van der Waals surface area contributed by atoms with Crippen molar-refractivity contribution in [2.45, 2.75) is 13.0 Å². The van der Waals surface area contributed by atoms with Crippen molar-refractivity contribution in [1.29, 1.82) is 0 Å². The van der Waals surface area contributed by atoms with Crippen molar-refractivity contribution in [3.05, 3.63) is 34.9 Å². The summed E-state index contributed by atoms with van der Waals surface area (Å²) < 4.78 is 0. The van der Waals surface area contributed by atoms with Gasteiger partial charge in [-0.1, -0.05) is 6.07 Å². The molecule has 1 aromatic rings. The Hall–Kier alpha value is -1.88. The van der Waals surface area contributed by atoms with E-state index in [1.54, 1.807) is 23.1 Å². The molecule has 0 radical (unpaired) electrons. The summed E-state index contributed by atoms with van der Waals surface area (Å²) in [5, 5.41) is 19.4. The number of hydrogen-bond acceptors (Lipinski definition) is 4. The summed E-state index contributed by atoms with van der Waals surface area (Å²) in [5.41, 5.74) is 2.25. The van der Waals surface area contributed by atoms with Gasteiger partial charge < -0.3 is 15.0 Å². The van der Waals surface area contributed by atoms with Gasteiger partial charge in [-0.25, -0.2) is 4.79 Å². The maximum atomic E-state index is 10.8. The highest BCUT2D eigenvalue weighted by molar-refractivity contribution is 5.87. The lowest BCUT2D eigenvalue weighted by molar-refractivity contribution is -0.306. The number of carboxylic acid groups (broad SMARTS) is 2. The van der Waals surface area contributed by atoms with E-state index in [2.05, 4.69) is 0 Å². The number of carbonyl (C=O) groups excluding carboxylic acids is 1. The van der Waals surface area contributed by atoms with E-state index >= 15 is 0 Å². The molecule has 0 spiro atoms. The zero-order chi connectivity index (χ0) is 12.4. The first kappa shape index (κ1) is 11.6. The summed E-state index contributed by atoms with van der Waals surface area (Å²) in [6.45, 7) is 1.06. The molecule has 2 rings (SSSR count). The number of aliphatic carboxylic acids is 1. The molecule has 1 aliphatic rings. The normalized spacial score (nSPS) is 15.3. The van der Waals surface area contributed by atoms with Gasteiger partial charge in [-0.2, -0.15) is 0 Å². The highest BCUT2D eigenvalue weighted by Crippen LogP contribution is 2.20. The van der Waals surface area contributed by atoms with Gasteiger partial charge in [0.25, 0.3) is 0 Å². The summed E-state index contributed by atoms with van der Waals surface area (Å²) in [6.07, 6.45) is 0.670. The Morgan fingerprint density at radius 2 is 2.12 bits per heavy atom. The zero-order valence-electron chi connectivity index (χ0n) is 9.18. The largest absolute Gasteiger partial charge is 0.549 e. The summed E-state index contributed by atoms with van der Waals surface area (Å²) in [7, 11) is 0. The molecule has 1 aromatic carbocycles. The third-order valence-corrected chi connectivity index (χ3v) is 2.90. The van der Waals surface area contributed by atoms with Crippen LogP contribution in [0.25, 0.3) is 0 Å². The highest BCUT2D eigenvalue weighted by atomic mass is 16.4. The summed E-state index contributed by atoms with van der Waals surface area (Å²) in [6, 6.07) is 4.96. The van der Waals surface area contributed by atoms with Crippen LogP contribution in [-0.2, 0) is 17.8 Å². The van der Waals surface area contributed by atoms with Gasteiger partial charge in [0.05, 0.1) is 11.5 Å². The maximum absolute atomic E-state index is 10.8. The fraction of sp³-hybridized carbons (Fsp3) is 0.333. The molecule has 1 aliphatic heterocycles. The molecule has 5 nitrogen and oxygen atoms in total. The lowest BCUT2D eigenvalue weighted by Gasteiger charge is -2.29. The Balaban J connectivity index is 2.17. The molecule has 1 N–H and O–H groups in total. The number of carbonyl (C=O) groups is 2. The van der Waals surface area contributed by atoms with Crippen molar-refractivity contribution in [1.82, 2.24) is 4.90 Å². The summed E-state index contributed by atoms with van der Waals surface area (Å²) in [4.78, 5) is 23.1. The number of carboxylic acids is 2. The molecular formula is C12H12NO4-. The van der Waals surface area contributed by atoms with Crippen molar-refractivity contribution < 1.29 is 19.8 Å². The van der Waals surface area contributed by atoms with Gasteiger partial charge in [-0.15, -0.1) is 0 Å². The van der Waals surface area contributed by atoms with E-state index in [0.717, 1.165) is 11.1 Å². The minimum Gasteiger partial charge on any atom is -0.549 e. The van der Waals surface area contributed by atoms with Crippen molar-refractivity contribution >= 4 is 11.9 Å². The van der Waals surface area contributed by atoms with E-state index < -0.39 is 11.9 Å². The van der Waals surface area contributed by atoms with Crippen molar-refractivity contribution in [2.75, 3.05) is 13.1 Å². The number of rotatable bonds is 3. The van der Waals surface area contributed by atoms with Gasteiger partial charge >= 0.3 is 5.97 Å². The van der Waals surface area contributed by atoms with Gasteiger partial charge in [0.1, 0.15) is 0 Å². The topological polar surface area (TPSA) is 80.7 Å². The van der Waals surface area contributed by atoms with Gasteiger partial charge in [0.2, 0.25) is 0 Å². The fourth-order valence-corrected chi connectivity index (χ4v) is 2.06. The van der Waals surface area contributed by atoms with Crippen molar-refractivity contribution in [3.63, 3.8) is 0 Å². The second-order valence-electron chi connectivity index (χ2n) is 4.12. The third kappa shape index (κ3) is 2.62. The maximum Gasteiger partial charge on any atom is 0.335 e. The van der Waals surface area contributed by atoms with Gasteiger partial charge in [-0.3, -0.25) is 4.90 Å². The Labute approximate surface area is 98.3 Å². The molecule has 90 valence electrons. The van der Waals surface area contributed by atoms with Crippen LogP contribution < -0.4 is 5.11 Å². The molecule has 1 heterocycles. The zero-order valence-corrected chi connectivity index (χ0v) is 9.18. The molecule has 0 bridgehead atoms. The van der Waals surface area contributed by atoms with Gasteiger partial charge in [0.15, 0.2) is 0 Å². The Bertz CT molecular complexity index is 470. The van der Waals surface area contributed by atoms with Gasteiger partial charge in [0, 0.05) is 19.6 Å². The average Bonchev–Trinajstić information content (AvgIpc) is 2.27. The Morgan fingerprint density at radius 1 is 1.35 bits per heavy atom. The van der Waals surface area contributed by atoms with Crippen LogP contribution >= 0.6 is 0 Å². The van der Waals surface area contributed by atoms with E-state index in [1.165, 1.54) is 0 Å². The average molecular weight is 234 g/mol. The first-order valence-electron chi connectivity index (χ1n) is 5.33. The molecule has 0 fully saturated rings. The van der Waals surface area contributed by atoms with E-state index in [-0.39, 0.29) is 12.1 Å². The molecule has 0 aromatic heterocycles. The number of nitrogens with zero attached hydrogens (tertiary/aromatic N) is 1. The minimum absolute atomic E-state index is 0.0832. The van der Waals surface area contributed by atoms with Gasteiger partial charge in [-0.05, 0) is 29.7 Å². The van der Waals surface area contributed by atoms with E-state index in [9.17, 15) is 14.7 Å². The third-order valence-electron chi connectivity index (χ3n) is 2.90. The predicted octanol–water partition coefficient (Wildman–Crippen LogP) is -0.507. The monoisotopic (exact) mass is 234 g/mol. The predicted molar refractivity (Wildman–Crippen MR) is 57.4 cm³/mol. The highest BCUT2D eigenvalue weighted by Gasteiger charge is 2.17. The van der Waals surface area contributed by atoms with Crippen LogP contribution in [0.3, 0.4) is 0 Å². The first-order chi connectivity index (χ1) is 8.06.